The minimum absolute atomic E-state index is 0.0786. The van der Waals surface area contributed by atoms with Crippen molar-refractivity contribution in [1.82, 2.24) is 9.97 Å². The van der Waals surface area contributed by atoms with Crippen molar-refractivity contribution in [2.24, 2.45) is 5.73 Å². The molecule has 3 rings (SSSR count). The first-order valence-electron chi connectivity index (χ1n) is 7.30. The molecule has 1 aliphatic heterocycles. The van der Waals surface area contributed by atoms with Gasteiger partial charge in [0.1, 0.15) is 0 Å². The van der Waals surface area contributed by atoms with Crippen molar-refractivity contribution >= 4 is 22.7 Å². The predicted octanol–water partition coefficient (Wildman–Crippen LogP) is 2.18. The molecule has 0 aliphatic carbocycles. The number of rotatable bonds is 4. The zero-order chi connectivity index (χ0) is 14.8. The van der Waals surface area contributed by atoms with E-state index in [1.807, 2.05) is 0 Å². The number of hydrogen-bond acceptors (Lipinski definition) is 5. The van der Waals surface area contributed by atoms with Gasteiger partial charge in [0.2, 0.25) is 5.95 Å². The van der Waals surface area contributed by atoms with Gasteiger partial charge < -0.3 is 15.6 Å². The number of anilines is 1. The quantitative estimate of drug-likeness (QED) is 0.663. The van der Waals surface area contributed by atoms with Crippen molar-refractivity contribution in [1.29, 1.82) is 0 Å². The van der Waals surface area contributed by atoms with Crippen molar-refractivity contribution in [3.63, 3.8) is 0 Å². The molecule has 21 heavy (non-hydrogen) atoms. The molecule has 2 heterocycles. The van der Waals surface area contributed by atoms with Gasteiger partial charge in [0.15, 0.2) is 0 Å². The van der Waals surface area contributed by atoms with Crippen LogP contribution in [-0.4, -0.2) is 34.0 Å². The standard InChI is InChI=1S/C14H19N5O2/c15-7-6-10-3-1-2-8-18(10)14-16-12-5-4-11(19(20)21)9-13(12)17-14/h4-5,9-10H,1-3,6-8,15H2,(H,16,17). The molecule has 1 unspecified atom stereocenters. The molecule has 1 aromatic heterocycles. The molecule has 0 spiro atoms. The van der Waals surface area contributed by atoms with Crippen LogP contribution in [0.25, 0.3) is 11.0 Å². The van der Waals surface area contributed by atoms with Crippen molar-refractivity contribution in [3.05, 3.63) is 28.3 Å². The molecular formula is C14H19N5O2. The lowest BCUT2D eigenvalue weighted by Crippen LogP contribution is -2.41. The van der Waals surface area contributed by atoms with Crippen molar-refractivity contribution in [3.8, 4) is 0 Å². The summed E-state index contributed by atoms with van der Waals surface area (Å²) in [6, 6.07) is 5.11. The minimum Gasteiger partial charge on any atom is -0.339 e. The number of aromatic amines is 1. The summed E-state index contributed by atoms with van der Waals surface area (Å²) < 4.78 is 0. The number of aromatic nitrogens is 2. The highest BCUT2D eigenvalue weighted by Gasteiger charge is 2.24. The number of piperidine rings is 1. The number of nitrogens with two attached hydrogens (primary N) is 1. The summed E-state index contributed by atoms with van der Waals surface area (Å²) in [5.41, 5.74) is 7.24. The molecule has 0 saturated carbocycles. The zero-order valence-electron chi connectivity index (χ0n) is 11.8. The van der Waals surface area contributed by atoms with Gasteiger partial charge in [-0.3, -0.25) is 10.1 Å². The van der Waals surface area contributed by atoms with E-state index < -0.39 is 4.92 Å². The molecule has 7 heteroatoms. The molecule has 3 N–H and O–H groups in total. The van der Waals surface area contributed by atoms with Crippen LogP contribution in [0.3, 0.4) is 0 Å². The van der Waals surface area contributed by atoms with E-state index in [9.17, 15) is 10.1 Å². The normalized spacial score (nSPS) is 19.1. The topological polar surface area (TPSA) is 101 Å². The Labute approximate surface area is 122 Å². The van der Waals surface area contributed by atoms with E-state index in [0.717, 1.165) is 37.3 Å². The Morgan fingerprint density at radius 3 is 3.10 bits per heavy atom. The van der Waals surface area contributed by atoms with Gasteiger partial charge in [-0.15, -0.1) is 0 Å². The summed E-state index contributed by atoms with van der Waals surface area (Å²) in [7, 11) is 0. The summed E-state index contributed by atoms with van der Waals surface area (Å²) in [5, 5.41) is 10.8. The number of nitrogens with zero attached hydrogens (tertiary/aromatic N) is 3. The Bertz CT molecular complexity index is 652. The van der Waals surface area contributed by atoms with Gasteiger partial charge in [-0.1, -0.05) is 0 Å². The van der Waals surface area contributed by atoms with Gasteiger partial charge >= 0.3 is 0 Å². The summed E-state index contributed by atoms with van der Waals surface area (Å²) in [6.07, 6.45) is 4.41. The second kappa shape index (κ2) is 5.69. The number of nitrogens with one attached hydrogen (secondary N) is 1. The maximum Gasteiger partial charge on any atom is 0.271 e. The first kappa shape index (κ1) is 13.8. The SMILES string of the molecule is NCCC1CCCCN1c1nc2ccc([N+](=O)[O-])cc2[nH]1. The van der Waals surface area contributed by atoms with E-state index in [1.54, 1.807) is 6.07 Å². The average Bonchev–Trinajstić information content (AvgIpc) is 2.90. The van der Waals surface area contributed by atoms with E-state index in [4.69, 9.17) is 5.73 Å². The number of H-pyrrole nitrogens is 1. The Morgan fingerprint density at radius 2 is 2.33 bits per heavy atom. The Kier molecular flexibility index (Phi) is 3.74. The van der Waals surface area contributed by atoms with Crippen LogP contribution in [0.2, 0.25) is 0 Å². The fourth-order valence-corrected chi connectivity index (χ4v) is 3.01. The summed E-state index contributed by atoms with van der Waals surface area (Å²) >= 11 is 0. The van der Waals surface area contributed by atoms with E-state index in [2.05, 4.69) is 14.9 Å². The second-order valence-corrected chi connectivity index (χ2v) is 5.44. The lowest BCUT2D eigenvalue weighted by atomic mass is 10.00. The summed E-state index contributed by atoms with van der Waals surface area (Å²) in [5.74, 6) is 0.795. The first-order valence-corrected chi connectivity index (χ1v) is 7.30. The highest BCUT2D eigenvalue weighted by atomic mass is 16.6. The number of nitro groups is 1. The predicted molar refractivity (Wildman–Crippen MR) is 81.4 cm³/mol. The van der Waals surface area contributed by atoms with Gasteiger partial charge in [0.05, 0.1) is 16.0 Å². The maximum absolute atomic E-state index is 10.8. The van der Waals surface area contributed by atoms with Gasteiger partial charge in [-0.2, -0.15) is 0 Å². The lowest BCUT2D eigenvalue weighted by Gasteiger charge is -2.35. The second-order valence-electron chi connectivity index (χ2n) is 5.44. The summed E-state index contributed by atoms with van der Waals surface area (Å²) in [6.45, 7) is 1.61. The van der Waals surface area contributed by atoms with E-state index in [-0.39, 0.29) is 5.69 Å². The average molecular weight is 289 g/mol. The number of benzene rings is 1. The molecule has 0 amide bonds. The highest BCUT2D eigenvalue weighted by Crippen LogP contribution is 2.27. The molecule has 1 aliphatic rings. The van der Waals surface area contributed by atoms with Gasteiger partial charge in [0, 0.05) is 24.7 Å². The number of non-ortho nitro benzene ring substituents is 1. The molecular weight excluding hydrogens is 270 g/mol. The summed E-state index contributed by atoms with van der Waals surface area (Å²) in [4.78, 5) is 20.5. The fourth-order valence-electron chi connectivity index (χ4n) is 3.01. The largest absolute Gasteiger partial charge is 0.339 e. The van der Waals surface area contributed by atoms with Crippen LogP contribution in [0, 0.1) is 10.1 Å². The molecule has 1 aromatic carbocycles. The zero-order valence-corrected chi connectivity index (χ0v) is 11.8. The third kappa shape index (κ3) is 2.69. The monoisotopic (exact) mass is 289 g/mol. The van der Waals surface area contributed by atoms with E-state index >= 15 is 0 Å². The molecule has 1 saturated heterocycles. The molecule has 7 nitrogen and oxygen atoms in total. The molecule has 112 valence electrons. The number of fused-ring (bicyclic) bond motifs is 1. The van der Waals surface area contributed by atoms with Crippen molar-refractivity contribution < 1.29 is 4.92 Å². The van der Waals surface area contributed by atoms with Crippen molar-refractivity contribution in [2.45, 2.75) is 31.7 Å². The van der Waals surface area contributed by atoms with Crippen molar-refractivity contribution in [2.75, 3.05) is 18.0 Å². The third-order valence-corrected chi connectivity index (χ3v) is 4.06. The van der Waals surface area contributed by atoms with Gasteiger partial charge in [-0.05, 0) is 38.3 Å². The van der Waals surface area contributed by atoms with Crippen LogP contribution in [0.5, 0.6) is 0 Å². The van der Waals surface area contributed by atoms with E-state index in [0.29, 0.717) is 18.1 Å². The molecule has 1 fully saturated rings. The van der Waals surface area contributed by atoms with Crippen LogP contribution in [0.1, 0.15) is 25.7 Å². The van der Waals surface area contributed by atoms with Crippen LogP contribution >= 0.6 is 0 Å². The third-order valence-electron chi connectivity index (χ3n) is 4.06. The fraction of sp³-hybridized carbons (Fsp3) is 0.500. The smallest absolute Gasteiger partial charge is 0.271 e. The molecule has 0 radical (unpaired) electrons. The molecule has 2 aromatic rings. The minimum atomic E-state index is -0.391. The number of hydrogen-bond donors (Lipinski definition) is 2. The van der Waals surface area contributed by atoms with Gasteiger partial charge in [-0.25, -0.2) is 4.98 Å². The van der Waals surface area contributed by atoms with Crippen LogP contribution in [0.15, 0.2) is 18.2 Å². The number of nitro benzene ring substituents is 1. The van der Waals surface area contributed by atoms with Crippen LogP contribution in [-0.2, 0) is 0 Å². The van der Waals surface area contributed by atoms with Crippen LogP contribution in [0.4, 0.5) is 11.6 Å². The first-order chi connectivity index (χ1) is 10.2. The Balaban J connectivity index is 1.93. The Hall–Kier alpha value is -2.15. The van der Waals surface area contributed by atoms with Gasteiger partial charge in [0.25, 0.3) is 5.69 Å². The lowest BCUT2D eigenvalue weighted by molar-refractivity contribution is -0.384. The maximum atomic E-state index is 10.8. The van der Waals surface area contributed by atoms with Crippen LogP contribution < -0.4 is 10.6 Å². The highest BCUT2D eigenvalue weighted by molar-refractivity contribution is 5.80. The Morgan fingerprint density at radius 1 is 1.48 bits per heavy atom. The number of imidazole rings is 1. The molecule has 0 bridgehead atoms. The van der Waals surface area contributed by atoms with E-state index in [1.165, 1.54) is 18.6 Å². The molecule has 1 atom stereocenters.